The van der Waals surface area contributed by atoms with Gasteiger partial charge in [0.2, 0.25) is 5.91 Å². The van der Waals surface area contributed by atoms with Gasteiger partial charge in [-0.15, -0.1) is 0 Å². The van der Waals surface area contributed by atoms with Crippen molar-refractivity contribution in [3.63, 3.8) is 0 Å². The number of hydrogen-bond acceptors (Lipinski definition) is 12. The van der Waals surface area contributed by atoms with Gasteiger partial charge in [0, 0.05) is 27.1 Å². The zero-order valence-corrected chi connectivity index (χ0v) is 26.1. The van der Waals surface area contributed by atoms with Gasteiger partial charge in [-0.3, -0.25) is 9.59 Å². The number of fused-ring (bicyclic) bond motifs is 2. The number of ether oxygens (including phenoxy) is 9. The van der Waals surface area contributed by atoms with Crippen molar-refractivity contribution in [2.45, 2.75) is 147 Å². The van der Waals surface area contributed by atoms with E-state index in [1.54, 1.807) is 48.5 Å². The second-order valence-electron chi connectivity index (χ2n) is 13.1. The summed E-state index contributed by atoms with van der Waals surface area (Å²) >= 11 is 0. The maximum Gasteiger partial charge on any atom is 0.407 e. The molecule has 0 saturated carbocycles. The minimum Gasteiger partial charge on any atom is -0.444 e. The molecule has 4 aliphatic rings. The summed E-state index contributed by atoms with van der Waals surface area (Å²) in [5, 5.41) is 5.67. The summed E-state index contributed by atoms with van der Waals surface area (Å²) in [5.74, 6) is -2.39. The molecule has 4 saturated heterocycles. The Labute approximate surface area is 246 Å². The SMILES string of the molecule is CO[C@@H]1[C@H]2OC(C)(C)O[C@H]2O[C@@H]1C(CC(C)=O)NC(=O)CC(NC(=O)OC(C)(C)C)[C@@H]1O[C@@H]2OC(C)(C)O[C@@H]2[C@H]1OC. The Morgan fingerprint density at radius 2 is 1.21 bits per heavy atom. The lowest BCUT2D eigenvalue weighted by atomic mass is 9.97. The minimum atomic E-state index is -0.904. The van der Waals surface area contributed by atoms with Crippen molar-refractivity contribution in [3.05, 3.63) is 0 Å². The number of amides is 2. The molecule has 2 N–H and O–H groups in total. The molecule has 14 heteroatoms. The van der Waals surface area contributed by atoms with E-state index in [9.17, 15) is 14.4 Å². The number of alkyl carbamates (subject to hydrolysis) is 1. The van der Waals surface area contributed by atoms with E-state index in [-0.39, 0.29) is 18.6 Å². The molecule has 4 heterocycles. The van der Waals surface area contributed by atoms with E-state index >= 15 is 0 Å². The number of rotatable bonds is 10. The van der Waals surface area contributed by atoms with Gasteiger partial charge in [-0.2, -0.15) is 0 Å². The van der Waals surface area contributed by atoms with Crippen LogP contribution >= 0.6 is 0 Å². The highest BCUT2D eigenvalue weighted by atomic mass is 16.9. The second kappa shape index (κ2) is 12.2. The molecule has 2 unspecified atom stereocenters. The molecule has 14 nitrogen and oxygen atoms in total. The topological polar surface area (TPSA) is 158 Å². The van der Waals surface area contributed by atoms with Crippen LogP contribution in [0, 0.1) is 0 Å². The fraction of sp³-hybridized carbons (Fsp3) is 0.893. The molecule has 4 fully saturated rings. The highest BCUT2D eigenvalue weighted by Crippen LogP contribution is 2.41. The van der Waals surface area contributed by atoms with Crippen molar-refractivity contribution in [2.24, 2.45) is 0 Å². The van der Waals surface area contributed by atoms with Gasteiger partial charge in [0.05, 0.1) is 12.1 Å². The number of hydrogen-bond donors (Lipinski definition) is 2. The first-order valence-electron chi connectivity index (χ1n) is 14.3. The summed E-state index contributed by atoms with van der Waals surface area (Å²) in [6.45, 7) is 13.7. The quantitative estimate of drug-likeness (QED) is 0.372. The van der Waals surface area contributed by atoms with E-state index in [4.69, 9.17) is 42.6 Å². The highest BCUT2D eigenvalue weighted by molar-refractivity contribution is 5.80. The molecular weight excluding hydrogens is 556 g/mol. The van der Waals surface area contributed by atoms with E-state index in [1.807, 2.05) is 0 Å². The summed E-state index contributed by atoms with van der Waals surface area (Å²) in [5.41, 5.74) is -0.779. The van der Waals surface area contributed by atoms with Crippen LogP contribution in [0.25, 0.3) is 0 Å². The van der Waals surface area contributed by atoms with Crippen molar-refractivity contribution in [1.82, 2.24) is 10.6 Å². The summed E-state index contributed by atoms with van der Waals surface area (Å²) in [6.07, 6.45) is -6.41. The fourth-order valence-corrected chi connectivity index (χ4v) is 5.93. The lowest BCUT2D eigenvalue weighted by molar-refractivity contribution is -0.220. The van der Waals surface area contributed by atoms with Crippen molar-refractivity contribution in [2.75, 3.05) is 14.2 Å². The van der Waals surface area contributed by atoms with Crippen molar-refractivity contribution >= 4 is 17.8 Å². The van der Waals surface area contributed by atoms with Crippen LogP contribution in [-0.4, -0.2) is 110 Å². The van der Waals surface area contributed by atoms with Gasteiger partial charge in [0.15, 0.2) is 24.2 Å². The van der Waals surface area contributed by atoms with Crippen LogP contribution in [0.2, 0.25) is 0 Å². The molecule has 0 spiro atoms. The Morgan fingerprint density at radius 1 is 0.762 bits per heavy atom. The van der Waals surface area contributed by atoms with Crippen LogP contribution in [0.5, 0.6) is 0 Å². The van der Waals surface area contributed by atoms with Crippen LogP contribution in [0.15, 0.2) is 0 Å². The maximum absolute atomic E-state index is 13.6. The van der Waals surface area contributed by atoms with Gasteiger partial charge >= 0.3 is 6.09 Å². The van der Waals surface area contributed by atoms with Crippen molar-refractivity contribution < 1.29 is 57.0 Å². The van der Waals surface area contributed by atoms with Crippen molar-refractivity contribution in [1.29, 1.82) is 0 Å². The molecule has 0 aromatic rings. The van der Waals surface area contributed by atoms with E-state index in [2.05, 4.69) is 10.6 Å². The van der Waals surface area contributed by atoms with E-state index in [0.717, 1.165) is 0 Å². The zero-order valence-electron chi connectivity index (χ0n) is 26.1. The van der Waals surface area contributed by atoms with Crippen LogP contribution in [0.1, 0.15) is 68.2 Å². The Balaban J connectivity index is 1.51. The molecule has 0 aliphatic carbocycles. The summed E-state index contributed by atoms with van der Waals surface area (Å²) in [4.78, 5) is 38.7. The first-order chi connectivity index (χ1) is 19.4. The van der Waals surface area contributed by atoms with Crippen LogP contribution in [0.4, 0.5) is 4.79 Å². The number of nitrogens with one attached hydrogen (secondary N) is 2. The van der Waals surface area contributed by atoms with Gasteiger partial charge in [0.25, 0.3) is 0 Å². The largest absolute Gasteiger partial charge is 0.444 e. The molecule has 0 aromatic carbocycles. The molecule has 10 atom stereocenters. The number of carbonyl (C=O) groups excluding carboxylic acids is 3. The van der Waals surface area contributed by atoms with Gasteiger partial charge < -0.3 is 53.3 Å². The van der Waals surface area contributed by atoms with E-state index < -0.39 is 90.5 Å². The highest BCUT2D eigenvalue weighted by Gasteiger charge is 2.59. The van der Waals surface area contributed by atoms with Gasteiger partial charge in [-0.05, 0) is 55.4 Å². The fourth-order valence-electron chi connectivity index (χ4n) is 5.93. The number of carbonyl (C=O) groups is 3. The predicted molar refractivity (Wildman–Crippen MR) is 144 cm³/mol. The van der Waals surface area contributed by atoms with Crippen molar-refractivity contribution in [3.8, 4) is 0 Å². The monoisotopic (exact) mass is 602 g/mol. The van der Waals surface area contributed by atoms with Crippen LogP contribution in [-0.2, 0) is 52.2 Å². The third-order valence-corrected chi connectivity index (χ3v) is 7.35. The summed E-state index contributed by atoms with van der Waals surface area (Å²) in [6, 6.07) is -1.67. The third-order valence-electron chi connectivity index (χ3n) is 7.35. The summed E-state index contributed by atoms with van der Waals surface area (Å²) < 4.78 is 52.8. The van der Waals surface area contributed by atoms with E-state index in [0.29, 0.717) is 0 Å². The molecule has 0 bridgehead atoms. The minimum absolute atomic E-state index is 0.0230. The smallest absolute Gasteiger partial charge is 0.407 e. The third kappa shape index (κ3) is 7.59. The molecule has 4 aliphatic heterocycles. The standard InChI is InChI=1S/C28H46N2O12/c1-13(31)11-14(17-19(34-9)21-23(36-17)40-27(5,6)38-21)29-16(32)12-15(30-25(33)42-26(2,3)4)18-20(35-10)22-24(37-18)41-28(7,8)39-22/h14-15,17-24H,11-12H2,1-10H3,(H,29,32)(H,30,33)/t14?,15?,17-,18+,19+,20+,21-,22-,23-,24-/m1/s1. The first kappa shape index (κ1) is 33.0. The predicted octanol–water partition coefficient (Wildman–Crippen LogP) is 1.52. The molecule has 240 valence electrons. The van der Waals surface area contributed by atoms with E-state index in [1.165, 1.54) is 21.1 Å². The average molecular weight is 603 g/mol. The lowest BCUT2D eigenvalue weighted by Gasteiger charge is -2.33. The molecule has 42 heavy (non-hydrogen) atoms. The first-order valence-corrected chi connectivity index (χ1v) is 14.3. The average Bonchev–Trinajstić information content (AvgIpc) is 3.50. The van der Waals surface area contributed by atoms with Crippen LogP contribution < -0.4 is 10.6 Å². The number of ketones is 1. The zero-order chi connectivity index (χ0) is 31.2. The number of methoxy groups -OCH3 is 2. The normalized spacial score (nSPS) is 36.1. The summed E-state index contributed by atoms with van der Waals surface area (Å²) in [7, 11) is 3.01. The van der Waals surface area contributed by atoms with Gasteiger partial charge in [-0.25, -0.2) is 4.79 Å². The second-order valence-corrected chi connectivity index (χ2v) is 13.1. The van der Waals surface area contributed by atoms with Gasteiger partial charge in [-0.1, -0.05) is 0 Å². The Bertz CT molecular complexity index is 1010. The lowest BCUT2D eigenvalue weighted by Crippen LogP contribution is -2.55. The molecule has 2 amide bonds. The maximum atomic E-state index is 13.6. The Morgan fingerprint density at radius 3 is 1.62 bits per heavy atom. The van der Waals surface area contributed by atoms with Crippen LogP contribution in [0.3, 0.4) is 0 Å². The molecule has 4 rings (SSSR count). The molecule has 0 radical (unpaired) electrons. The Hall–Kier alpha value is -1.91. The van der Waals surface area contributed by atoms with Gasteiger partial charge in [0.1, 0.15) is 48.0 Å². The molecule has 0 aromatic heterocycles. The number of Topliss-reactive ketones (excluding diaryl/α,β-unsaturated/α-hetero) is 1. The molecular formula is C28H46N2O12. The Kier molecular flexibility index (Phi) is 9.61.